The normalized spacial score (nSPS) is 18.5. The fraction of sp³-hybridized carbons (Fsp3) is 0.250. The van der Waals surface area contributed by atoms with Crippen LogP contribution in [0.1, 0.15) is 64.8 Å². The highest BCUT2D eigenvalue weighted by Gasteiger charge is 2.27. The van der Waals surface area contributed by atoms with Gasteiger partial charge in [-0.2, -0.15) is 5.06 Å². The van der Waals surface area contributed by atoms with E-state index in [4.69, 9.17) is 20.0 Å². The number of nitrogens with two attached hydrogens (primary N) is 1. The summed E-state index contributed by atoms with van der Waals surface area (Å²) >= 11 is 1.79. The number of carbonyl (C=O) groups is 2. The summed E-state index contributed by atoms with van der Waals surface area (Å²) in [6, 6.07) is 35.5. The van der Waals surface area contributed by atoms with Crippen LogP contribution < -0.4 is 10.8 Å². The first-order chi connectivity index (χ1) is 28.7. The number of benzene rings is 4. The Kier molecular flexibility index (Phi) is 12.4. The lowest BCUT2D eigenvalue weighted by molar-refractivity contribution is -0.166. The SMILES string of the molecule is NC(=O)CC1C=CC=CS1(=O)=O.O=C(OCc1ccccc1)N(OC1CCCCO1)c1cccc(-c2ccc(C3=Cc4ccc5c(c4CC3)CCc3ccccc3-5)s2)c1. The molecule has 2 unspecified atom stereocenters. The minimum Gasteiger partial charge on any atom is -0.443 e. The van der Waals surface area contributed by atoms with E-state index in [0.29, 0.717) is 12.3 Å². The summed E-state index contributed by atoms with van der Waals surface area (Å²) in [6.07, 6.45) is 12.7. The minimum atomic E-state index is -3.29. The van der Waals surface area contributed by atoms with Gasteiger partial charge in [0.25, 0.3) is 0 Å². The number of thiophene rings is 1. The van der Waals surface area contributed by atoms with Crippen LogP contribution in [0.3, 0.4) is 0 Å². The molecule has 4 aliphatic rings. The maximum Gasteiger partial charge on any atom is 0.439 e. The van der Waals surface area contributed by atoms with Crippen LogP contribution in [-0.2, 0) is 54.8 Å². The Bertz CT molecular complexity index is 2530. The number of rotatable bonds is 9. The Hall–Kier alpha value is -5.59. The van der Waals surface area contributed by atoms with Crippen LogP contribution in [0.2, 0.25) is 0 Å². The molecule has 0 saturated carbocycles. The summed E-state index contributed by atoms with van der Waals surface area (Å²) in [5, 5.41) is 1.57. The van der Waals surface area contributed by atoms with Gasteiger partial charge in [-0.05, 0) is 113 Å². The van der Waals surface area contributed by atoms with E-state index in [0.717, 1.165) is 66.4 Å². The van der Waals surface area contributed by atoms with E-state index in [1.165, 1.54) is 61.0 Å². The molecule has 302 valence electrons. The molecule has 9 nitrogen and oxygen atoms in total. The van der Waals surface area contributed by atoms with Crippen molar-refractivity contribution in [2.75, 3.05) is 11.7 Å². The summed E-state index contributed by atoms with van der Waals surface area (Å²) < 4.78 is 33.9. The van der Waals surface area contributed by atoms with Crippen molar-refractivity contribution in [1.29, 1.82) is 0 Å². The summed E-state index contributed by atoms with van der Waals surface area (Å²) in [7, 11) is -3.29. The first-order valence-electron chi connectivity index (χ1n) is 20.0. The van der Waals surface area contributed by atoms with E-state index in [9.17, 15) is 18.0 Å². The number of carbonyl (C=O) groups excluding carboxylic acids is 2. The number of fused-ring (bicyclic) bond motifs is 5. The number of aryl methyl sites for hydroxylation is 1. The van der Waals surface area contributed by atoms with Gasteiger partial charge >= 0.3 is 6.09 Å². The molecule has 5 aromatic rings. The van der Waals surface area contributed by atoms with Gasteiger partial charge in [0.05, 0.1) is 10.9 Å². The first-order valence-corrected chi connectivity index (χ1v) is 22.4. The van der Waals surface area contributed by atoms with E-state index in [-0.39, 0.29) is 13.0 Å². The molecule has 9 rings (SSSR count). The molecule has 0 spiro atoms. The van der Waals surface area contributed by atoms with E-state index in [1.54, 1.807) is 17.4 Å². The third kappa shape index (κ3) is 9.50. The summed E-state index contributed by atoms with van der Waals surface area (Å²) in [5.41, 5.74) is 17.5. The second-order valence-electron chi connectivity index (χ2n) is 14.9. The molecule has 59 heavy (non-hydrogen) atoms. The average Bonchev–Trinajstić information content (AvgIpc) is 3.77. The lowest BCUT2D eigenvalue weighted by Gasteiger charge is -2.29. The van der Waals surface area contributed by atoms with Gasteiger partial charge in [0.1, 0.15) is 6.61 Å². The molecule has 2 amide bonds. The molecule has 1 aromatic heterocycles. The molecular formula is C48H46N2O7S2. The Morgan fingerprint density at radius 3 is 2.44 bits per heavy atom. The van der Waals surface area contributed by atoms with Crippen LogP contribution >= 0.6 is 11.3 Å². The highest BCUT2D eigenvalue weighted by atomic mass is 32.2. The maximum atomic E-state index is 13.4. The van der Waals surface area contributed by atoms with Gasteiger partial charge in [-0.15, -0.1) is 11.3 Å². The van der Waals surface area contributed by atoms with Crippen molar-refractivity contribution >= 4 is 50.5 Å². The number of primary amides is 1. The number of allylic oxidation sites excluding steroid dienone is 3. The highest BCUT2D eigenvalue weighted by Crippen LogP contribution is 2.42. The van der Waals surface area contributed by atoms with Crippen molar-refractivity contribution in [3.63, 3.8) is 0 Å². The molecule has 11 heteroatoms. The van der Waals surface area contributed by atoms with Crippen LogP contribution in [0, 0.1) is 0 Å². The van der Waals surface area contributed by atoms with Crippen molar-refractivity contribution in [2.45, 2.75) is 69.5 Å². The van der Waals surface area contributed by atoms with Gasteiger partial charge in [-0.25, -0.2) is 18.0 Å². The zero-order chi connectivity index (χ0) is 40.8. The second-order valence-corrected chi connectivity index (χ2v) is 18.1. The largest absolute Gasteiger partial charge is 0.443 e. The van der Waals surface area contributed by atoms with Crippen molar-refractivity contribution in [3.05, 3.63) is 159 Å². The van der Waals surface area contributed by atoms with E-state index < -0.39 is 33.4 Å². The predicted molar refractivity (Wildman–Crippen MR) is 234 cm³/mol. The fourth-order valence-corrected chi connectivity index (χ4v) is 10.2. The molecule has 2 aliphatic carbocycles. The Balaban J connectivity index is 0.000000349. The van der Waals surface area contributed by atoms with Gasteiger partial charge in [0, 0.05) is 34.6 Å². The molecule has 1 fully saturated rings. The zero-order valence-corrected chi connectivity index (χ0v) is 34.3. The quantitative estimate of drug-likeness (QED) is 0.147. The van der Waals surface area contributed by atoms with Crippen LogP contribution in [0.4, 0.5) is 10.5 Å². The topological polar surface area (TPSA) is 125 Å². The molecule has 2 N–H and O–H groups in total. The number of sulfone groups is 1. The van der Waals surface area contributed by atoms with E-state index >= 15 is 0 Å². The molecule has 0 radical (unpaired) electrons. The Labute approximate surface area is 349 Å². The van der Waals surface area contributed by atoms with E-state index in [1.807, 2.05) is 48.5 Å². The first kappa shape index (κ1) is 40.2. The number of anilines is 1. The van der Waals surface area contributed by atoms with E-state index in [2.05, 4.69) is 60.7 Å². The number of nitrogens with zero attached hydrogens (tertiary/aromatic N) is 1. The van der Waals surface area contributed by atoms with Crippen LogP contribution in [0.25, 0.3) is 33.2 Å². The van der Waals surface area contributed by atoms with Crippen molar-refractivity contribution in [3.8, 4) is 21.6 Å². The lowest BCUT2D eigenvalue weighted by atomic mass is 9.78. The molecule has 0 bridgehead atoms. The predicted octanol–water partition coefficient (Wildman–Crippen LogP) is 10.00. The minimum absolute atomic E-state index is 0.150. The van der Waals surface area contributed by atoms with Gasteiger partial charge < -0.3 is 15.2 Å². The number of amides is 2. The van der Waals surface area contributed by atoms with Gasteiger partial charge in [-0.1, -0.05) is 103 Å². The van der Waals surface area contributed by atoms with Gasteiger partial charge in [-0.3, -0.25) is 4.79 Å². The van der Waals surface area contributed by atoms with Crippen molar-refractivity contribution < 1.29 is 32.3 Å². The van der Waals surface area contributed by atoms with Crippen LogP contribution in [0.15, 0.2) is 127 Å². The summed E-state index contributed by atoms with van der Waals surface area (Å²) in [6.45, 7) is 0.777. The summed E-state index contributed by atoms with van der Waals surface area (Å²) in [4.78, 5) is 32.4. The third-order valence-corrected chi connectivity index (χ3v) is 13.9. The van der Waals surface area contributed by atoms with Crippen LogP contribution in [-0.4, -0.2) is 38.6 Å². The molecule has 3 heterocycles. The smallest absolute Gasteiger partial charge is 0.439 e. The third-order valence-electron chi connectivity index (χ3n) is 10.9. The summed E-state index contributed by atoms with van der Waals surface area (Å²) in [5.74, 6) is -0.608. The van der Waals surface area contributed by atoms with Gasteiger partial charge in [0.15, 0.2) is 16.1 Å². The second kappa shape index (κ2) is 18.1. The molecular weight excluding hydrogens is 781 g/mol. The van der Waals surface area contributed by atoms with Crippen molar-refractivity contribution in [1.82, 2.24) is 0 Å². The Morgan fingerprint density at radius 2 is 1.63 bits per heavy atom. The molecule has 1 saturated heterocycles. The fourth-order valence-electron chi connectivity index (χ4n) is 7.94. The van der Waals surface area contributed by atoms with Gasteiger partial charge in [0.2, 0.25) is 5.91 Å². The van der Waals surface area contributed by atoms with Crippen molar-refractivity contribution in [2.24, 2.45) is 5.73 Å². The molecule has 2 aliphatic heterocycles. The molecule has 4 aromatic carbocycles. The van der Waals surface area contributed by atoms with Crippen LogP contribution in [0.5, 0.6) is 0 Å². The highest BCUT2D eigenvalue weighted by molar-refractivity contribution is 7.95. The number of ether oxygens (including phenoxy) is 2. The average molecular weight is 827 g/mol. The zero-order valence-electron chi connectivity index (χ0n) is 32.6. The lowest BCUT2D eigenvalue weighted by Crippen LogP contribution is -2.38. The monoisotopic (exact) mass is 826 g/mol. The number of hydrogen-bond donors (Lipinski definition) is 1. The number of hydrogen-bond acceptors (Lipinski definition) is 8. The Morgan fingerprint density at radius 1 is 0.814 bits per heavy atom. The maximum absolute atomic E-state index is 13.4. The standard InChI is InChI=1S/C41H37NO4S.C7H9NO3S/c43-41(45-27-28-9-2-1-3-10-28)42(46-40-15-6-7-24-44-40)33-13-8-12-31(26-33)38-22-23-39(47-38)32-18-19-35-30(25-32)17-21-36-34-14-5-4-11-29(34)16-20-37(35)36;8-7(9)5-6-3-1-2-4-12(6,10)11/h1-5,8-14,17,21-23,25-26,40H,6-7,15-16,18-20,24,27H2;1-4,6H,5H2,(H2,8,9). The molecule has 2 atom stereocenters. The number of hydroxylamine groups is 1.